The lowest BCUT2D eigenvalue weighted by molar-refractivity contribution is -0.144. The van der Waals surface area contributed by atoms with Crippen molar-refractivity contribution >= 4 is 16.7 Å². The maximum atomic E-state index is 11.6. The van der Waals surface area contributed by atoms with Crippen LogP contribution in [0.25, 0.3) is 10.8 Å². The molecule has 0 unspecified atom stereocenters. The van der Waals surface area contributed by atoms with E-state index in [0.717, 1.165) is 40.6 Å². The predicted molar refractivity (Wildman–Crippen MR) is 112 cm³/mol. The summed E-state index contributed by atoms with van der Waals surface area (Å²) in [6.07, 6.45) is 4.39. The number of rotatable bonds is 8. The van der Waals surface area contributed by atoms with Crippen LogP contribution in [0, 0.1) is 5.92 Å². The second-order valence-electron chi connectivity index (χ2n) is 7.08. The van der Waals surface area contributed by atoms with Crippen LogP contribution in [0.1, 0.15) is 30.7 Å². The van der Waals surface area contributed by atoms with Gasteiger partial charge >= 0.3 is 5.97 Å². The Labute approximate surface area is 166 Å². The third-order valence-corrected chi connectivity index (χ3v) is 4.94. The van der Waals surface area contributed by atoms with E-state index < -0.39 is 0 Å². The van der Waals surface area contributed by atoms with Crippen LogP contribution in [0.15, 0.2) is 54.7 Å². The van der Waals surface area contributed by atoms with Crippen LogP contribution in [0.2, 0.25) is 0 Å². The van der Waals surface area contributed by atoms with Crippen molar-refractivity contribution in [2.24, 2.45) is 5.92 Å². The fraction of sp³-hybridized carbons (Fsp3) is 0.333. The predicted octanol–water partition coefficient (Wildman–Crippen LogP) is 4.77. The minimum absolute atomic E-state index is 0.148. The third kappa shape index (κ3) is 5.10. The van der Waals surface area contributed by atoms with Gasteiger partial charge in [-0.25, -0.2) is 0 Å². The molecule has 0 fully saturated rings. The Hall–Kier alpha value is -2.88. The third-order valence-electron chi connectivity index (χ3n) is 4.94. The van der Waals surface area contributed by atoms with E-state index >= 15 is 0 Å². The van der Waals surface area contributed by atoms with Gasteiger partial charge in [-0.2, -0.15) is 0 Å². The van der Waals surface area contributed by atoms with Gasteiger partial charge in [0.1, 0.15) is 5.75 Å². The molecule has 0 bridgehead atoms. The standard InChI is InChI=1S/C24H27NO3/c1-4-18-6-9-22(25-16-18)11-12-28-23-10-8-20-14-19(5-7-21(20)15-23)13-17(2)24(26)27-3/h5-10,14-17H,4,11-13H2,1-3H3/t17-/m0/s1. The topological polar surface area (TPSA) is 48.4 Å². The average molecular weight is 377 g/mol. The number of esters is 1. The molecule has 0 aliphatic rings. The number of ether oxygens (including phenoxy) is 2. The van der Waals surface area contributed by atoms with Crippen molar-refractivity contribution in [3.8, 4) is 5.75 Å². The van der Waals surface area contributed by atoms with Crippen LogP contribution in [0.5, 0.6) is 5.75 Å². The van der Waals surface area contributed by atoms with Crippen molar-refractivity contribution in [3.05, 3.63) is 71.5 Å². The van der Waals surface area contributed by atoms with E-state index in [0.29, 0.717) is 13.0 Å². The Kier molecular flexibility index (Phi) is 6.64. The summed E-state index contributed by atoms with van der Waals surface area (Å²) in [5, 5.41) is 2.26. The number of fused-ring (bicyclic) bond motifs is 1. The van der Waals surface area contributed by atoms with Gasteiger partial charge in [0, 0.05) is 18.3 Å². The van der Waals surface area contributed by atoms with Gasteiger partial charge in [-0.15, -0.1) is 0 Å². The molecule has 4 nitrogen and oxygen atoms in total. The summed E-state index contributed by atoms with van der Waals surface area (Å²) < 4.78 is 10.7. The molecule has 2 aromatic carbocycles. The van der Waals surface area contributed by atoms with E-state index in [1.54, 1.807) is 0 Å². The summed E-state index contributed by atoms with van der Waals surface area (Å²) in [6.45, 7) is 4.61. The molecular weight excluding hydrogens is 350 g/mol. The summed E-state index contributed by atoms with van der Waals surface area (Å²) in [5.74, 6) is 0.529. The first kappa shape index (κ1) is 19.9. The van der Waals surface area contributed by atoms with E-state index in [2.05, 4.69) is 54.4 Å². The van der Waals surface area contributed by atoms with Crippen molar-refractivity contribution in [1.82, 2.24) is 4.98 Å². The number of methoxy groups -OCH3 is 1. The first-order valence-electron chi connectivity index (χ1n) is 9.76. The molecule has 0 amide bonds. The molecule has 0 saturated carbocycles. The Morgan fingerprint density at radius 1 is 1.04 bits per heavy atom. The summed E-state index contributed by atoms with van der Waals surface area (Å²) >= 11 is 0. The molecular formula is C24H27NO3. The maximum Gasteiger partial charge on any atom is 0.308 e. The monoisotopic (exact) mass is 377 g/mol. The molecule has 0 aliphatic heterocycles. The van der Waals surface area contributed by atoms with Gasteiger partial charge in [0.15, 0.2) is 0 Å². The summed E-state index contributed by atoms with van der Waals surface area (Å²) in [4.78, 5) is 16.1. The van der Waals surface area contributed by atoms with Crippen LogP contribution in [0.4, 0.5) is 0 Å². The quantitative estimate of drug-likeness (QED) is 0.531. The van der Waals surface area contributed by atoms with Crippen LogP contribution < -0.4 is 4.74 Å². The molecule has 0 N–H and O–H groups in total. The van der Waals surface area contributed by atoms with Gasteiger partial charge < -0.3 is 9.47 Å². The molecule has 0 spiro atoms. The van der Waals surface area contributed by atoms with Crippen molar-refractivity contribution in [1.29, 1.82) is 0 Å². The van der Waals surface area contributed by atoms with E-state index in [-0.39, 0.29) is 11.9 Å². The molecule has 0 radical (unpaired) electrons. The first-order valence-corrected chi connectivity index (χ1v) is 9.76. The Balaban J connectivity index is 1.60. The lowest BCUT2D eigenvalue weighted by atomic mass is 9.98. The van der Waals surface area contributed by atoms with Crippen LogP contribution in [-0.4, -0.2) is 24.7 Å². The fourth-order valence-corrected chi connectivity index (χ4v) is 3.21. The Morgan fingerprint density at radius 3 is 2.50 bits per heavy atom. The second kappa shape index (κ2) is 9.36. The lowest BCUT2D eigenvalue weighted by Gasteiger charge is -2.11. The van der Waals surface area contributed by atoms with Gasteiger partial charge in [0.25, 0.3) is 0 Å². The van der Waals surface area contributed by atoms with Crippen molar-refractivity contribution in [2.75, 3.05) is 13.7 Å². The van der Waals surface area contributed by atoms with E-state index in [9.17, 15) is 4.79 Å². The highest BCUT2D eigenvalue weighted by molar-refractivity contribution is 5.84. The highest BCUT2D eigenvalue weighted by atomic mass is 16.5. The molecule has 3 rings (SSSR count). The molecule has 4 heteroatoms. The van der Waals surface area contributed by atoms with Crippen LogP contribution in [0.3, 0.4) is 0 Å². The van der Waals surface area contributed by atoms with Gasteiger partial charge in [0.05, 0.1) is 19.6 Å². The number of hydrogen-bond acceptors (Lipinski definition) is 4. The minimum atomic E-state index is -0.178. The molecule has 1 heterocycles. The Bertz CT molecular complexity index is 934. The molecule has 0 aliphatic carbocycles. The zero-order valence-corrected chi connectivity index (χ0v) is 16.8. The summed E-state index contributed by atoms with van der Waals surface area (Å²) in [6, 6.07) is 16.6. The van der Waals surface area contributed by atoms with Crippen molar-refractivity contribution in [2.45, 2.75) is 33.1 Å². The number of carbonyl (C=O) groups is 1. The number of aromatic nitrogens is 1. The zero-order chi connectivity index (χ0) is 19.9. The summed E-state index contributed by atoms with van der Waals surface area (Å²) in [7, 11) is 1.43. The van der Waals surface area contributed by atoms with Crippen molar-refractivity contribution < 1.29 is 14.3 Å². The normalized spacial score (nSPS) is 12.0. The lowest BCUT2D eigenvalue weighted by Crippen LogP contribution is -2.15. The molecule has 1 atom stereocenters. The number of pyridine rings is 1. The molecule has 3 aromatic rings. The number of carbonyl (C=O) groups excluding carboxylic acids is 1. The SMILES string of the molecule is CCc1ccc(CCOc2ccc3cc(C[C@H](C)C(=O)OC)ccc3c2)nc1. The van der Waals surface area contributed by atoms with Crippen molar-refractivity contribution in [3.63, 3.8) is 0 Å². The zero-order valence-electron chi connectivity index (χ0n) is 16.8. The summed E-state index contributed by atoms with van der Waals surface area (Å²) in [5.41, 5.74) is 3.42. The second-order valence-corrected chi connectivity index (χ2v) is 7.08. The number of aryl methyl sites for hydroxylation is 1. The molecule has 146 valence electrons. The fourth-order valence-electron chi connectivity index (χ4n) is 3.21. The van der Waals surface area contributed by atoms with Gasteiger partial charge in [-0.1, -0.05) is 44.2 Å². The average Bonchev–Trinajstić information content (AvgIpc) is 2.73. The van der Waals surface area contributed by atoms with Gasteiger partial charge in [0.2, 0.25) is 0 Å². The van der Waals surface area contributed by atoms with Gasteiger partial charge in [-0.3, -0.25) is 9.78 Å². The molecule has 28 heavy (non-hydrogen) atoms. The largest absolute Gasteiger partial charge is 0.493 e. The van der Waals surface area contributed by atoms with E-state index in [1.165, 1.54) is 12.7 Å². The van der Waals surface area contributed by atoms with Crippen LogP contribution in [-0.2, 0) is 28.8 Å². The van der Waals surface area contributed by atoms with E-state index in [4.69, 9.17) is 9.47 Å². The van der Waals surface area contributed by atoms with E-state index in [1.807, 2.05) is 19.2 Å². The number of nitrogens with zero attached hydrogens (tertiary/aromatic N) is 1. The number of hydrogen-bond donors (Lipinski definition) is 0. The minimum Gasteiger partial charge on any atom is -0.493 e. The Morgan fingerprint density at radius 2 is 1.79 bits per heavy atom. The molecule has 1 aromatic heterocycles. The first-order chi connectivity index (χ1) is 13.6. The number of benzene rings is 2. The van der Waals surface area contributed by atoms with Gasteiger partial charge in [-0.05, 0) is 52.9 Å². The smallest absolute Gasteiger partial charge is 0.308 e. The highest BCUT2D eigenvalue weighted by Crippen LogP contribution is 2.23. The van der Waals surface area contributed by atoms with Crippen LogP contribution >= 0.6 is 0 Å². The maximum absolute atomic E-state index is 11.6. The molecule has 0 saturated heterocycles. The highest BCUT2D eigenvalue weighted by Gasteiger charge is 2.13.